The molecule has 0 saturated heterocycles. The molecular formula is C23H28N2O4. The lowest BCUT2D eigenvalue weighted by atomic mass is 10.2. The summed E-state index contributed by atoms with van der Waals surface area (Å²) in [5, 5.41) is 0. The number of hydrogen-bond acceptors (Lipinski definition) is 5. The molecule has 0 radical (unpaired) electrons. The number of aromatic nitrogens is 2. The lowest BCUT2D eigenvalue weighted by molar-refractivity contribution is 0.0509. The van der Waals surface area contributed by atoms with Gasteiger partial charge in [0.2, 0.25) is 5.88 Å². The molecule has 1 aromatic carbocycles. The fourth-order valence-corrected chi connectivity index (χ4v) is 3.21. The van der Waals surface area contributed by atoms with Crippen molar-refractivity contribution in [3.63, 3.8) is 0 Å². The van der Waals surface area contributed by atoms with E-state index in [2.05, 4.69) is 6.92 Å². The molecule has 2 aromatic heterocycles. The van der Waals surface area contributed by atoms with Crippen LogP contribution in [0.3, 0.4) is 0 Å². The number of benzene rings is 1. The third kappa shape index (κ3) is 4.36. The minimum atomic E-state index is -0.423. The summed E-state index contributed by atoms with van der Waals surface area (Å²) in [5.41, 5.74) is 3.82. The zero-order chi connectivity index (χ0) is 21.0. The van der Waals surface area contributed by atoms with Crippen molar-refractivity contribution in [2.45, 2.75) is 46.8 Å². The van der Waals surface area contributed by atoms with Crippen LogP contribution >= 0.6 is 0 Å². The van der Waals surface area contributed by atoms with E-state index in [9.17, 15) is 4.79 Å². The molecule has 0 atom stereocenters. The van der Waals surface area contributed by atoms with Gasteiger partial charge in [-0.2, -0.15) is 0 Å². The predicted molar refractivity (Wildman–Crippen MR) is 113 cm³/mol. The van der Waals surface area contributed by atoms with Crippen LogP contribution < -0.4 is 9.47 Å². The summed E-state index contributed by atoms with van der Waals surface area (Å²) in [7, 11) is 1.83. The number of hydrogen-bond donors (Lipinski definition) is 0. The number of pyridine rings is 1. The molecule has 0 aliphatic heterocycles. The molecule has 0 N–H and O–H groups in total. The summed E-state index contributed by atoms with van der Waals surface area (Å²) in [4.78, 5) is 17.4. The molecule has 154 valence electrons. The molecule has 6 nitrogen and oxygen atoms in total. The van der Waals surface area contributed by atoms with Crippen LogP contribution in [-0.2, 0) is 24.8 Å². The molecule has 0 aliphatic rings. The van der Waals surface area contributed by atoms with Crippen LogP contribution in [0.4, 0.5) is 0 Å². The molecule has 0 fully saturated rings. The predicted octanol–water partition coefficient (Wildman–Crippen LogP) is 4.68. The minimum absolute atomic E-state index is 0.116. The van der Waals surface area contributed by atoms with Gasteiger partial charge in [-0.1, -0.05) is 37.3 Å². The first-order valence-corrected chi connectivity index (χ1v) is 9.99. The smallest absolute Gasteiger partial charge is 0.358 e. The SMILES string of the molecule is CCOC(=O)c1c(OC(C)C)c2nc(OCc3ccccc3)c(CC)cc2n1C. The number of ether oxygens (including phenoxy) is 3. The summed E-state index contributed by atoms with van der Waals surface area (Å²) >= 11 is 0. The molecule has 0 bridgehead atoms. The molecule has 3 aromatic rings. The molecule has 0 amide bonds. The Morgan fingerprint density at radius 3 is 2.52 bits per heavy atom. The number of carbonyl (C=O) groups excluding carboxylic acids is 1. The van der Waals surface area contributed by atoms with Crippen molar-refractivity contribution in [2.24, 2.45) is 7.05 Å². The van der Waals surface area contributed by atoms with Crippen molar-refractivity contribution in [1.29, 1.82) is 0 Å². The largest absolute Gasteiger partial charge is 0.486 e. The van der Waals surface area contributed by atoms with E-state index < -0.39 is 5.97 Å². The van der Waals surface area contributed by atoms with Crippen molar-refractivity contribution in [3.05, 3.63) is 53.2 Å². The highest BCUT2D eigenvalue weighted by atomic mass is 16.5. The summed E-state index contributed by atoms with van der Waals surface area (Å²) in [6.45, 7) is 8.39. The maximum atomic E-state index is 12.6. The van der Waals surface area contributed by atoms with Crippen LogP contribution in [0.1, 0.15) is 49.3 Å². The van der Waals surface area contributed by atoms with Crippen LogP contribution in [0.5, 0.6) is 11.6 Å². The molecule has 3 rings (SSSR count). The van der Waals surface area contributed by atoms with Gasteiger partial charge in [-0.15, -0.1) is 0 Å². The Balaban J connectivity index is 2.10. The highest BCUT2D eigenvalue weighted by Gasteiger charge is 2.27. The second-order valence-electron chi connectivity index (χ2n) is 7.07. The van der Waals surface area contributed by atoms with Gasteiger partial charge in [-0.05, 0) is 38.8 Å². The van der Waals surface area contributed by atoms with Crippen molar-refractivity contribution >= 4 is 17.0 Å². The van der Waals surface area contributed by atoms with Gasteiger partial charge in [-0.3, -0.25) is 0 Å². The Labute approximate surface area is 171 Å². The Morgan fingerprint density at radius 2 is 1.90 bits per heavy atom. The zero-order valence-electron chi connectivity index (χ0n) is 17.7. The number of aryl methyl sites for hydroxylation is 2. The maximum Gasteiger partial charge on any atom is 0.358 e. The van der Waals surface area contributed by atoms with E-state index in [1.165, 1.54) is 0 Å². The molecule has 0 spiro atoms. The van der Waals surface area contributed by atoms with Crippen LogP contribution in [0.25, 0.3) is 11.0 Å². The van der Waals surface area contributed by atoms with Crippen molar-refractivity contribution in [2.75, 3.05) is 6.61 Å². The first-order chi connectivity index (χ1) is 14.0. The topological polar surface area (TPSA) is 62.6 Å². The van der Waals surface area contributed by atoms with Crippen LogP contribution in [0.15, 0.2) is 36.4 Å². The van der Waals surface area contributed by atoms with Gasteiger partial charge in [-0.25, -0.2) is 9.78 Å². The lowest BCUT2D eigenvalue weighted by Crippen LogP contribution is -2.14. The third-order valence-electron chi connectivity index (χ3n) is 4.59. The molecule has 29 heavy (non-hydrogen) atoms. The van der Waals surface area contributed by atoms with Gasteiger partial charge in [0.1, 0.15) is 12.1 Å². The Kier molecular flexibility index (Phi) is 6.42. The average molecular weight is 396 g/mol. The first kappa shape index (κ1) is 20.7. The molecule has 0 saturated carbocycles. The summed E-state index contributed by atoms with van der Waals surface area (Å²) in [5.74, 6) is 0.565. The Bertz CT molecular complexity index is 993. The van der Waals surface area contributed by atoms with E-state index in [0.717, 1.165) is 23.1 Å². The van der Waals surface area contributed by atoms with Gasteiger partial charge in [0.25, 0.3) is 0 Å². The first-order valence-electron chi connectivity index (χ1n) is 9.99. The standard InChI is InChI=1S/C23H28N2O4/c1-6-17-13-18-19(24-22(17)28-14-16-11-9-8-10-12-16)21(29-15(3)4)20(25(18)5)23(26)27-7-2/h8-13,15H,6-7,14H2,1-5H3. The van der Waals surface area contributed by atoms with Gasteiger partial charge in [0.05, 0.1) is 18.2 Å². The highest BCUT2D eigenvalue weighted by Crippen LogP contribution is 2.36. The van der Waals surface area contributed by atoms with E-state index >= 15 is 0 Å². The molecule has 2 heterocycles. The highest BCUT2D eigenvalue weighted by molar-refractivity contribution is 6.00. The van der Waals surface area contributed by atoms with E-state index in [-0.39, 0.29) is 6.10 Å². The van der Waals surface area contributed by atoms with Gasteiger partial charge in [0, 0.05) is 12.6 Å². The Morgan fingerprint density at radius 1 is 1.17 bits per heavy atom. The van der Waals surface area contributed by atoms with E-state index in [1.54, 1.807) is 11.5 Å². The van der Waals surface area contributed by atoms with Crippen LogP contribution in [-0.4, -0.2) is 28.2 Å². The summed E-state index contributed by atoms with van der Waals surface area (Å²) < 4.78 is 19.1. The quantitative estimate of drug-likeness (QED) is 0.518. The normalized spacial score (nSPS) is 11.1. The van der Waals surface area contributed by atoms with Crippen LogP contribution in [0, 0.1) is 0 Å². The van der Waals surface area contributed by atoms with E-state index in [0.29, 0.717) is 36.1 Å². The van der Waals surface area contributed by atoms with Crippen molar-refractivity contribution < 1.29 is 19.0 Å². The number of esters is 1. The van der Waals surface area contributed by atoms with Gasteiger partial charge < -0.3 is 18.8 Å². The Hall–Kier alpha value is -3.02. The second-order valence-corrected chi connectivity index (χ2v) is 7.07. The fourth-order valence-electron chi connectivity index (χ4n) is 3.21. The number of fused-ring (bicyclic) bond motifs is 1. The van der Waals surface area contributed by atoms with Crippen LogP contribution in [0.2, 0.25) is 0 Å². The zero-order valence-corrected chi connectivity index (χ0v) is 17.7. The fraction of sp³-hybridized carbons (Fsp3) is 0.391. The average Bonchev–Trinajstić information content (AvgIpc) is 2.97. The third-order valence-corrected chi connectivity index (χ3v) is 4.59. The number of nitrogens with zero attached hydrogens (tertiary/aromatic N) is 2. The molecule has 0 aliphatic carbocycles. The number of rotatable bonds is 8. The maximum absolute atomic E-state index is 12.6. The molecule has 6 heteroatoms. The van der Waals surface area contributed by atoms with Gasteiger partial charge >= 0.3 is 5.97 Å². The van der Waals surface area contributed by atoms with Crippen molar-refractivity contribution in [1.82, 2.24) is 9.55 Å². The van der Waals surface area contributed by atoms with E-state index in [1.807, 2.05) is 57.3 Å². The lowest BCUT2D eigenvalue weighted by Gasteiger charge is -2.12. The monoisotopic (exact) mass is 396 g/mol. The summed E-state index contributed by atoms with van der Waals surface area (Å²) in [6, 6.07) is 12.0. The second kappa shape index (κ2) is 8.99. The van der Waals surface area contributed by atoms with Crippen molar-refractivity contribution in [3.8, 4) is 11.6 Å². The molecule has 0 unspecified atom stereocenters. The van der Waals surface area contributed by atoms with Gasteiger partial charge in [0.15, 0.2) is 11.4 Å². The molecular weight excluding hydrogens is 368 g/mol. The van der Waals surface area contributed by atoms with E-state index in [4.69, 9.17) is 19.2 Å². The summed E-state index contributed by atoms with van der Waals surface area (Å²) in [6.07, 6.45) is 0.642. The number of carbonyl (C=O) groups is 1. The minimum Gasteiger partial charge on any atom is -0.486 e.